The van der Waals surface area contributed by atoms with E-state index in [4.69, 9.17) is 5.11 Å². The molecule has 0 amide bonds. The molecule has 21 heavy (non-hydrogen) atoms. The zero-order valence-corrected chi connectivity index (χ0v) is 13.1. The van der Waals surface area contributed by atoms with Crippen LogP contribution < -0.4 is 0 Å². The fraction of sp³-hybridized carbons (Fsp3) is 0.857. The molecule has 7 nitrogen and oxygen atoms in total. The van der Waals surface area contributed by atoms with Crippen LogP contribution in [0.1, 0.15) is 51.9 Å². The molecule has 2 rings (SSSR count). The molecule has 1 atom stereocenters. The number of carbonyl (C=O) groups is 1. The number of aliphatic carboxylic acids is 1. The maximum Gasteiger partial charge on any atom is 0.305 e. The highest BCUT2D eigenvalue weighted by Gasteiger charge is 2.31. The SMILES string of the molecule is CC(C)(C)C(CC(=O)O)n1nnnc1CCN1CCCC1. The lowest BCUT2D eigenvalue weighted by Crippen LogP contribution is -2.30. The van der Waals surface area contributed by atoms with Crippen molar-refractivity contribution in [2.75, 3.05) is 19.6 Å². The molecule has 0 spiro atoms. The summed E-state index contributed by atoms with van der Waals surface area (Å²) in [4.78, 5) is 13.5. The summed E-state index contributed by atoms with van der Waals surface area (Å²) in [6.07, 6.45) is 3.31. The second-order valence-electron chi connectivity index (χ2n) is 6.82. The van der Waals surface area contributed by atoms with E-state index >= 15 is 0 Å². The zero-order valence-electron chi connectivity index (χ0n) is 13.1. The lowest BCUT2D eigenvalue weighted by Gasteiger charge is -2.30. The summed E-state index contributed by atoms with van der Waals surface area (Å²) >= 11 is 0. The average molecular weight is 295 g/mol. The second-order valence-corrected chi connectivity index (χ2v) is 6.82. The van der Waals surface area contributed by atoms with Gasteiger partial charge in [-0.25, -0.2) is 4.68 Å². The molecule has 1 aromatic rings. The van der Waals surface area contributed by atoms with Crippen molar-refractivity contribution in [2.45, 2.75) is 52.5 Å². The van der Waals surface area contributed by atoms with E-state index in [1.807, 2.05) is 20.8 Å². The molecule has 1 unspecified atom stereocenters. The molecular formula is C14H25N5O2. The van der Waals surface area contributed by atoms with Crippen molar-refractivity contribution in [3.8, 4) is 0 Å². The Morgan fingerprint density at radius 2 is 2.00 bits per heavy atom. The minimum Gasteiger partial charge on any atom is -0.481 e. The summed E-state index contributed by atoms with van der Waals surface area (Å²) in [7, 11) is 0. The number of aromatic nitrogens is 4. The third-order valence-corrected chi connectivity index (χ3v) is 4.07. The first-order chi connectivity index (χ1) is 9.88. The van der Waals surface area contributed by atoms with Crippen molar-refractivity contribution in [2.24, 2.45) is 5.41 Å². The standard InChI is InChI=1S/C14H25N5O2/c1-14(2,3)11(10-13(20)21)19-12(15-16-17-19)6-9-18-7-4-5-8-18/h11H,4-10H2,1-3H3,(H,20,21). The number of carboxylic acid groups (broad SMARTS) is 1. The van der Waals surface area contributed by atoms with Gasteiger partial charge in [0.2, 0.25) is 0 Å². The molecule has 0 aliphatic carbocycles. The monoisotopic (exact) mass is 295 g/mol. The Bertz CT molecular complexity index is 474. The van der Waals surface area contributed by atoms with Crippen LogP contribution in [0.5, 0.6) is 0 Å². The molecule has 0 aromatic carbocycles. The second kappa shape index (κ2) is 6.51. The van der Waals surface area contributed by atoms with Gasteiger partial charge in [0.1, 0.15) is 0 Å². The molecule has 0 saturated carbocycles. The van der Waals surface area contributed by atoms with Gasteiger partial charge in [-0.3, -0.25) is 4.79 Å². The van der Waals surface area contributed by atoms with Crippen molar-refractivity contribution in [1.29, 1.82) is 0 Å². The zero-order chi connectivity index (χ0) is 15.5. The van der Waals surface area contributed by atoms with Gasteiger partial charge in [-0.1, -0.05) is 20.8 Å². The van der Waals surface area contributed by atoms with Gasteiger partial charge in [-0.05, 0) is 41.8 Å². The molecule has 1 fully saturated rings. The third kappa shape index (κ3) is 4.23. The van der Waals surface area contributed by atoms with E-state index in [2.05, 4.69) is 20.4 Å². The normalized spacial score (nSPS) is 18.0. The highest BCUT2D eigenvalue weighted by atomic mass is 16.4. The molecule has 0 radical (unpaired) electrons. The molecule has 1 aromatic heterocycles. The first-order valence-corrected chi connectivity index (χ1v) is 7.59. The van der Waals surface area contributed by atoms with E-state index in [0.29, 0.717) is 0 Å². The minimum absolute atomic E-state index is 0.0330. The summed E-state index contributed by atoms with van der Waals surface area (Å²) in [5.74, 6) is -0.0426. The predicted octanol–water partition coefficient (Wildman–Crippen LogP) is 1.37. The Hall–Kier alpha value is -1.50. The topological polar surface area (TPSA) is 84.1 Å². The van der Waals surface area contributed by atoms with Crippen LogP contribution in [0.25, 0.3) is 0 Å². The summed E-state index contributed by atoms with van der Waals surface area (Å²) in [5, 5.41) is 21.1. The van der Waals surface area contributed by atoms with Gasteiger partial charge in [-0.2, -0.15) is 0 Å². The summed E-state index contributed by atoms with van der Waals surface area (Å²) in [6, 6.07) is -0.237. The number of nitrogens with zero attached hydrogens (tertiary/aromatic N) is 5. The largest absolute Gasteiger partial charge is 0.481 e. The maximum atomic E-state index is 11.1. The summed E-state index contributed by atoms with van der Waals surface area (Å²) < 4.78 is 1.71. The van der Waals surface area contributed by atoms with Crippen LogP contribution in [0.15, 0.2) is 0 Å². The molecule has 7 heteroatoms. The lowest BCUT2D eigenvalue weighted by molar-refractivity contribution is -0.138. The van der Waals surface area contributed by atoms with Crippen LogP contribution in [0.4, 0.5) is 0 Å². The minimum atomic E-state index is -0.823. The van der Waals surface area contributed by atoms with E-state index in [-0.39, 0.29) is 17.9 Å². The van der Waals surface area contributed by atoms with E-state index in [1.165, 1.54) is 12.8 Å². The van der Waals surface area contributed by atoms with Crippen molar-refractivity contribution in [3.63, 3.8) is 0 Å². The third-order valence-electron chi connectivity index (χ3n) is 4.07. The van der Waals surface area contributed by atoms with Gasteiger partial charge in [0.15, 0.2) is 5.82 Å². The predicted molar refractivity (Wildman–Crippen MR) is 77.9 cm³/mol. The van der Waals surface area contributed by atoms with E-state index in [1.54, 1.807) is 4.68 Å². The highest BCUT2D eigenvalue weighted by molar-refractivity contribution is 5.67. The lowest BCUT2D eigenvalue weighted by atomic mass is 9.85. The maximum absolute atomic E-state index is 11.1. The number of likely N-dealkylation sites (tertiary alicyclic amines) is 1. The Morgan fingerprint density at radius 3 is 2.57 bits per heavy atom. The Morgan fingerprint density at radius 1 is 1.33 bits per heavy atom. The molecule has 1 aliphatic heterocycles. The number of carboxylic acids is 1. The number of rotatable bonds is 6. The average Bonchev–Trinajstić information content (AvgIpc) is 3.03. The molecule has 1 saturated heterocycles. The van der Waals surface area contributed by atoms with E-state index in [9.17, 15) is 4.79 Å². The smallest absolute Gasteiger partial charge is 0.305 e. The van der Waals surface area contributed by atoms with Crippen molar-refractivity contribution in [1.82, 2.24) is 25.1 Å². The fourth-order valence-electron chi connectivity index (χ4n) is 2.81. The molecule has 118 valence electrons. The van der Waals surface area contributed by atoms with Gasteiger partial charge in [0.25, 0.3) is 0 Å². The van der Waals surface area contributed by atoms with Crippen LogP contribution in [0, 0.1) is 5.41 Å². The molecule has 0 bridgehead atoms. The molecule has 1 N–H and O–H groups in total. The molecule has 2 heterocycles. The number of hydrogen-bond donors (Lipinski definition) is 1. The Kier molecular flexibility index (Phi) is 4.92. The summed E-state index contributed by atoms with van der Waals surface area (Å²) in [6.45, 7) is 9.27. The van der Waals surface area contributed by atoms with Gasteiger partial charge in [-0.15, -0.1) is 5.10 Å². The van der Waals surface area contributed by atoms with Crippen LogP contribution in [-0.2, 0) is 11.2 Å². The molecule has 1 aliphatic rings. The number of hydrogen-bond acceptors (Lipinski definition) is 5. The first-order valence-electron chi connectivity index (χ1n) is 7.59. The highest BCUT2D eigenvalue weighted by Crippen LogP contribution is 2.33. The van der Waals surface area contributed by atoms with Crippen LogP contribution in [0.3, 0.4) is 0 Å². The van der Waals surface area contributed by atoms with Crippen LogP contribution in [-0.4, -0.2) is 55.8 Å². The van der Waals surface area contributed by atoms with E-state index < -0.39 is 5.97 Å². The molecular weight excluding hydrogens is 270 g/mol. The van der Waals surface area contributed by atoms with Crippen molar-refractivity contribution in [3.05, 3.63) is 5.82 Å². The van der Waals surface area contributed by atoms with Crippen molar-refractivity contribution < 1.29 is 9.90 Å². The van der Waals surface area contributed by atoms with Crippen LogP contribution in [0.2, 0.25) is 0 Å². The van der Waals surface area contributed by atoms with Gasteiger partial charge < -0.3 is 10.0 Å². The fourth-order valence-corrected chi connectivity index (χ4v) is 2.81. The summed E-state index contributed by atoms with van der Waals surface area (Å²) in [5.41, 5.74) is -0.212. The number of tetrazole rings is 1. The first kappa shape index (κ1) is 15.9. The Labute approximate surface area is 125 Å². The quantitative estimate of drug-likeness (QED) is 0.853. The van der Waals surface area contributed by atoms with Gasteiger partial charge in [0, 0.05) is 13.0 Å². The van der Waals surface area contributed by atoms with E-state index in [0.717, 1.165) is 31.9 Å². The van der Waals surface area contributed by atoms with Crippen molar-refractivity contribution >= 4 is 5.97 Å². The van der Waals surface area contributed by atoms with Gasteiger partial charge >= 0.3 is 5.97 Å². The Balaban J connectivity index is 2.10. The van der Waals surface area contributed by atoms with Crippen LogP contribution >= 0.6 is 0 Å². The van der Waals surface area contributed by atoms with Gasteiger partial charge in [0.05, 0.1) is 12.5 Å².